The third-order valence-electron chi connectivity index (χ3n) is 6.24. The molecule has 3 rings (SSSR count). The van der Waals surface area contributed by atoms with Crippen LogP contribution in [0.25, 0.3) is 10.4 Å². The summed E-state index contributed by atoms with van der Waals surface area (Å²) in [6.45, 7) is 1.67. The van der Waals surface area contributed by atoms with Crippen LogP contribution < -0.4 is 4.74 Å². The van der Waals surface area contributed by atoms with Gasteiger partial charge in [-0.1, -0.05) is 65.0 Å². The van der Waals surface area contributed by atoms with Crippen molar-refractivity contribution in [3.05, 3.63) is 56.8 Å². The fraction of sp³-hybridized carbons (Fsp3) is 0.429. The van der Waals surface area contributed by atoms with Crippen molar-refractivity contribution in [1.82, 2.24) is 0 Å². The molecule has 1 aromatic carbocycles. The van der Waals surface area contributed by atoms with Crippen LogP contribution in [0.15, 0.2) is 53.0 Å². The van der Waals surface area contributed by atoms with Gasteiger partial charge in [0.05, 0.1) is 14.2 Å². The molecule has 0 N–H and O–H groups in total. The Bertz CT molecular complexity index is 1230. The normalized spacial score (nSPS) is 13.8. The van der Waals surface area contributed by atoms with Crippen LogP contribution in [0, 0.1) is 3.82 Å². The molecule has 0 amide bonds. The molecule has 0 aliphatic heterocycles. The molecular formula is C28H32O6S3. The lowest BCUT2D eigenvalue weighted by Crippen LogP contribution is -2.25. The predicted molar refractivity (Wildman–Crippen MR) is 149 cm³/mol. The quantitative estimate of drug-likeness (QED) is 0.0588. The van der Waals surface area contributed by atoms with Gasteiger partial charge in [-0.15, -0.1) is 0 Å². The van der Waals surface area contributed by atoms with Gasteiger partial charge in [-0.2, -0.15) is 0 Å². The van der Waals surface area contributed by atoms with E-state index in [9.17, 15) is 14.4 Å². The van der Waals surface area contributed by atoms with Crippen LogP contribution in [-0.4, -0.2) is 31.8 Å². The van der Waals surface area contributed by atoms with Gasteiger partial charge >= 0.3 is 5.97 Å². The molecule has 0 atom stereocenters. The Labute approximate surface area is 230 Å². The molecule has 1 aliphatic carbocycles. The fourth-order valence-corrected chi connectivity index (χ4v) is 6.59. The lowest BCUT2D eigenvalue weighted by molar-refractivity contribution is -0.134. The summed E-state index contributed by atoms with van der Waals surface area (Å²) < 4.78 is 16.5. The van der Waals surface area contributed by atoms with Gasteiger partial charge in [-0.05, 0) is 62.1 Å². The number of benzene rings is 1. The first-order valence-corrected chi connectivity index (χ1v) is 14.9. The summed E-state index contributed by atoms with van der Waals surface area (Å²) in [4.78, 5) is 38.3. The topological polar surface area (TPSA) is 78.9 Å². The molecule has 2 aromatic rings. The highest BCUT2D eigenvalue weighted by molar-refractivity contribution is 7.80. The van der Waals surface area contributed by atoms with Gasteiger partial charge in [0.15, 0.2) is 0 Å². The highest BCUT2D eigenvalue weighted by Crippen LogP contribution is 2.31. The minimum atomic E-state index is -0.283. The number of ketones is 2. The third-order valence-corrected chi connectivity index (χ3v) is 9.15. The average molecular weight is 561 g/mol. The first kappa shape index (κ1) is 28.9. The van der Waals surface area contributed by atoms with Crippen LogP contribution in [0.5, 0.6) is 5.75 Å². The number of allylic oxidation sites excluding steroid dienone is 2. The molecular weight excluding hydrogens is 529 g/mol. The lowest BCUT2D eigenvalue weighted by atomic mass is 9.89. The monoisotopic (exact) mass is 560 g/mol. The molecule has 0 radical (unpaired) electrons. The highest BCUT2D eigenvalue weighted by atomic mass is 32.9. The van der Waals surface area contributed by atoms with Crippen molar-refractivity contribution >= 4 is 50.4 Å². The molecule has 37 heavy (non-hydrogen) atoms. The largest absolute Gasteiger partial charge is 0.489 e. The van der Waals surface area contributed by atoms with Crippen LogP contribution in [0.4, 0.5) is 0 Å². The molecule has 6 nitrogen and oxygen atoms in total. The van der Waals surface area contributed by atoms with Gasteiger partial charge in [0.2, 0.25) is 23.1 Å². The maximum Gasteiger partial charge on any atom is 0.311 e. The van der Waals surface area contributed by atoms with Gasteiger partial charge in [0.25, 0.3) is 0 Å². The number of carbonyl (C=O) groups is 3. The second kappa shape index (κ2) is 14.4. The van der Waals surface area contributed by atoms with Crippen molar-refractivity contribution in [2.24, 2.45) is 0 Å². The summed E-state index contributed by atoms with van der Waals surface area (Å²) in [6, 6.07) is 9.51. The van der Waals surface area contributed by atoms with E-state index < -0.39 is 0 Å². The van der Waals surface area contributed by atoms with Crippen molar-refractivity contribution in [1.29, 1.82) is 0 Å². The van der Waals surface area contributed by atoms with Crippen LogP contribution in [0.2, 0.25) is 0 Å². The maximum atomic E-state index is 12.7. The van der Waals surface area contributed by atoms with Gasteiger partial charge < -0.3 is 14.2 Å². The Hall–Kier alpha value is -2.62. The summed E-state index contributed by atoms with van der Waals surface area (Å²) in [5.74, 6) is -0.216. The van der Waals surface area contributed by atoms with Crippen molar-refractivity contribution in [2.75, 3.05) is 14.2 Å². The molecule has 1 heterocycles. The molecule has 0 unspecified atom stereocenters. The molecule has 0 saturated heterocycles. The molecule has 9 heteroatoms. The van der Waals surface area contributed by atoms with Gasteiger partial charge in [0, 0.05) is 22.4 Å². The Morgan fingerprint density at radius 1 is 0.838 bits per heavy atom. The average Bonchev–Trinajstić information content (AvgIpc) is 3.33. The van der Waals surface area contributed by atoms with E-state index in [2.05, 4.69) is 0 Å². The number of hydrogen-bond donors (Lipinski definition) is 0. The molecule has 0 bridgehead atoms. The number of ether oxygens (including phenoxy) is 3. The summed E-state index contributed by atoms with van der Waals surface area (Å²) in [5, 5.41) is 0. The van der Waals surface area contributed by atoms with Crippen LogP contribution in [-0.2, 0) is 23.9 Å². The minimum Gasteiger partial charge on any atom is -0.489 e. The number of Topliss-reactive ketones (excluding diaryl/α,β-unsaturated/α-hetero) is 2. The molecule has 0 spiro atoms. The number of rotatable bonds is 14. The Morgan fingerprint density at radius 3 is 2.03 bits per heavy atom. The maximum absolute atomic E-state index is 12.7. The molecule has 198 valence electrons. The zero-order valence-electron chi connectivity index (χ0n) is 21.4. The predicted octanol–water partition coefficient (Wildman–Crippen LogP) is 7.60. The van der Waals surface area contributed by atoms with Gasteiger partial charge in [-0.25, -0.2) is 0 Å². The minimum absolute atomic E-state index is 0.00576. The molecule has 0 saturated carbocycles. The SMILES string of the molecule is COC1=C(OC)C(=O)C(CCCCCCCCCC(=O)Oc2ccc(-c3cc(=S)ss3)cc2)=C(C)C1=O. The standard InChI is InChI=1S/C28H32O6S3/c1-18-21(26(31)28(33-3)27(32-2)25(18)30)11-9-7-5-4-6-8-10-12-23(29)34-20-15-13-19(14-16-20)22-17-24(35)37-36-22/h13-17H,4-12H2,1-3H3. The number of methoxy groups -OCH3 is 2. The molecule has 1 aromatic heterocycles. The Morgan fingerprint density at radius 2 is 1.43 bits per heavy atom. The Kier molecular flexibility index (Phi) is 11.2. The van der Waals surface area contributed by atoms with E-state index in [1.807, 2.05) is 30.3 Å². The van der Waals surface area contributed by atoms with E-state index in [-0.39, 0.29) is 29.1 Å². The van der Waals surface area contributed by atoms with Gasteiger partial charge in [-0.3, -0.25) is 14.4 Å². The first-order chi connectivity index (χ1) is 17.8. The van der Waals surface area contributed by atoms with E-state index in [4.69, 9.17) is 26.4 Å². The van der Waals surface area contributed by atoms with E-state index in [1.54, 1.807) is 27.6 Å². The fourth-order valence-electron chi connectivity index (χ4n) is 4.19. The Balaban J connectivity index is 1.27. The van der Waals surface area contributed by atoms with E-state index in [0.717, 1.165) is 59.2 Å². The second-order valence-corrected chi connectivity index (χ2v) is 11.7. The zero-order chi connectivity index (χ0) is 26.8. The number of esters is 1. The zero-order valence-corrected chi connectivity index (χ0v) is 23.9. The van der Waals surface area contributed by atoms with Crippen LogP contribution in [0.3, 0.4) is 0 Å². The van der Waals surface area contributed by atoms with Crippen molar-refractivity contribution in [3.63, 3.8) is 0 Å². The summed E-state index contributed by atoms with van der Waals surface area (Å²) >= 11 is 5.18. The number of hydrogen-bond acceptors (Lipinski definition) is 9. The molecule has 1 aliphatic rings. The second-order valence-electron chi connectivity index (χ2n) is 8.80. The lowest BCUT2D eigenvalue weighted by Gasteiger charge is -2.20. The number of unbranched alkanes of at least 4 members (excludes halogenated alkanes) is 6. The summed E-state index contributed by atoms with van der Waals surface area (Å²) in [6.07, 6.45) is 7.67. The van der Waals surface area contributed by atoms with E-state index in [1.165, 1.54) is 14.2 Å². The summed E-state index contributed by atoms with van der Waals surface area (Å²) in [7, 11) is 5.96. The van der Waals surface area contributed by atoms with Crippen LogP contribution >= 0.6 is 32.9 Å². The number of carbonyl (C=O) groups excluding carboxylic acids is 3. The highest BCUT2D eigenvalue weighted by Gasteiger charge is 2.34. The van der Waals surface area contributed by atoms with Crippen molar-refractivity contribution < 1.29 is 28.6 Å². The van der Waals surface area contributed by atoms with E-state index >= 15 is 0 Å². The first-order valence-electron chi connectivity index (χ1n) is 12.4. The van der Waals surface area contributed by atoms with Gasteiger partial charge in [0.1, 0.15) is 9.57 Å². The van der Waals surface area contributed by atoms with Crippen molar-refractivity contribution in [2.45, 2.75) is 64.7 Å². The van der Waals surface area contributed by atoms with Crippen molar-refractivity contribution in [3.8, 4) is 16.2 Å². The summed E-state index contributed by atoms with van der Waals surface area (Å²) in [5.41, 5.74) is 2.03. The molecule has 0 fully saturated rings. The van der Waals surface area contributed by atoms with Crippen LogP contribution in [0.1, 0.15) is 64.7 Å². The van der Waals surface area contributed by atoms with E-state index in [0.29, 0.717) is 29.7 Å². The smallest absolute Gasteiger partial charge is 0.311 e. The third kappa shape index (κ3) is 7.93.